The van der Waals surface area contributed by atoms with Crippen LogP contribution in [0.25, 0.3) is 27.7 Å². The van der Waals surface area contributed by atoms with Crippen LogP contribution < -0.4 is 5.69 Å². The lowest BCUT2D eigenvalue weighted by Crippen LogP contribution is -2.46. The highest BCUT2D eigenvalue weighted by molar-refractivity contribution is 5.84. The van der Waals surface area contributed by atoms with Gasteiger partial charge in [-0.1, -0.05) is 45.0 Å². The monoisotopic (exact) mass is 489 g/mol. The van der Waals surface area contributed by atoms with Crippen LogP contribution in [0.3, 0.4) is 0 Å². The lowest BCUT2D eigenvalue weighted by molar-refractivity contribution is 0.0906. The normalized spacial score (nSPS) is 18.2. The van der Waals surface area contributed by atoms with E-state index in [-0.39, 0.29) is 23.1 Å². The quantitative estimate of drug-likeness (QED) is 0.426. The van der Waals surface area contributed by atoms with Gasteiger partial charge in [-0.15, -0.1) is 0 Å². The molecular formula is C27H28FN5O3. The summed E-state index contributed by atoms with van der Waals surface area (Å²) in [6.45, 7) is 6.43. The van der Waals surface area contributed by atoms with E-state index in [9.17, 15) is 14.7 Å². The average molecular weight is 490 g/mol. The van der Waals surface area contributed by atoms with E-state index in [2.05, 4.69) is 15.2 Å². The summed E-state index contributed by atoms with van der Waals surface area (Å²) in [7, 11) is 0. The van der Waals surface area contributed by atoms with Gasteiger partial charge in [0.15, 0.2) is 0 Å². The largest absolute Gasteiger partial charge is 0.465 e. The molecule has 0 radical (unpaired) electrons. The van der Waals surface area contributed by atoms with E-state index in [0.29, 0.717) is 30.8 Å². The van der Waals surface area contributed by atoms with E-state index in [4.69, 9.17) is 0 Å². The second-order valence-electron chi connectivity index (χ2n) is 10.4. The van der Waals surface area contributed by atoms with Crippen LogP contribution in [0.5, 0.6) is 0 Å². The number of likely N-dealkylation sites (tertiary alicyclic amines) is 1. The number of H-pyrrole nitrogens is 1. The van der Waals surface area contributed by atoms with Crippen molar-refractivity contribution in [3.05, 3.63) is 76.9 Å². The molecule has 1 unspecified atom stereocenters. The van der Waals surface area contributed by atoms with Crippen molar-refractivity contribution in [3.63, 3.8) is 0 Å². The number of rotatable bonds is 4. The third-order valence-corrected chi connectivity index (χ3v) is 6.97. The fourth-order valence-corrected chi connectivity index (χ4v) is 5.52. The van der Waals surface area contributed by atoms with Gasteiger partial charge in [0, 0.05) is 30.6 Å². The van der Waals surface area contributed by atoms with Crippen LogP contribution in [0, 0.1) is 17.2 Å². The van der Waals surface area contributed by atoms with Crippen molar-refractivity contribution in [1.29, 1.82) is 0 Å². The number of halogens is 1. The Bertz CT molecular complexity index is 1500. The van der Waals surface area contributed by atoms with Gasteiger partial charge in [-0.25, -0.2) is 23.6 Å². The Morgan fingerprint density at radius 3 is 2.64 bits per heavy atom. The van der Waals surface area contributed by atoms with E-state index in [1.165, 1.54) is 15.5 Å². The van der Waals surface area contributed by atoms with Crippen molar-refractivity contribution in [2.75, 3.05) is 6.54 Å². The first kappa shape index (κ1) is 23.7. The summed E-state index contributed by atoms with van der Waals surface area (Å²) in [5.74, 6) is -0.222. The maximum atomic E-state index is 15.4. The number of hydrogen-bond donors (Lipinski definition) is 2. The maximum absolute atomic E-state index is 15.4. The van der Waals surface area contributed by atoms with Crippen molar-refractivity contribution in [3.8, 4) is 16.8 Å². The molecule has 9 heteroatoms. The van der Waals surface area contributed by atoms with Gasteiger partial charge in [0.1, 0.15) is 11.6 Å². The van der Waals surface area contributed by atoms with Crippen LogP contribution in [0.2, 0.25) is 0 Å². The topological polar surface area (TPSA) is 104 Å². The number of fused-ring (bicyclic) bond motifs is 1. The number of aromatic amines is 1. The number of nitrogens with one attached hydrogen (secondary N) is 1. The number of hydrogen-bond acceptors (Lipinski definition) is 4. The van der Waals surface area contributed by atoms with Crippen LogP contribution in [0.15, 0.2) is 59.5 Å². The number of amides is 1. The summed E-state index contributed by atoms with van der Waals surface area (Å²) in [6, 6.07) is 14.1. The second-order valence-corrected chi connectivity index (χ2v) is 10.4. The molecule has 0 aliphatic carbocycles. The van der Waals surface area contributed by atoms with Gasteiger partial charge in [-0.05, 0) is 53.1 Å². The number of pyridine rings is 1. The zero-order valence-electron chi connectivity index (χ0n) is 20.4. The van der Waals surface area contributed by atoms with Crippen molar-refractivity contribution in [2.24, 2.45) is 11.3 Å². The lowest BCUT2D eigenvalue weighted by atomic mass is 9.78. The van der Waals surface area contributed by atoms with Crippen molar-refractivity contribution in [2.45, 2.75) is 39.7 Å². The average Bonchev–Trinajstić information content (AvgIpc) is 3.43. The minimum Gasteiger partial charge on any atom is -0.465 e. The van der Waals surface area contributed by atoms with E-state index >= 15 is 4.39 Å². The van der Waals surface area contributed by atoms with E-state index < -0.39 is 17.6 Å². The predicted octanol–water partition coefficient (Wildman–Crippen LogP) is 4.87. The minimum atomic E-state index is -0.956. The van der Waals surface area contributed by atoms with Crippen LogP contribution in [0.4, 0.5) is 9.18 Å². The fraction of sp³-hybridized carbons (Fsp3) is 0.333. The molecule has 2 N–H and O–H groups in total. The van der Waals surface area contributed by atoms with E-state index in [0.717, 1.165) is 16.5 Å². The Kier molecular flexibility index (Phi) is 5.86. The zero-order valence-corrected chi connectivity index (χ0v) is 20.4. The summed E-state index contributed by atoms with van der Waals surface area (Å²) in [5, 5.41) is 17.3. The Labute approximate surface area is 207 Å². The first-order chi connectivity index (χ1) is 17.1. The number of benzene rings is 2. The Balaban J connectivity index is 1.48. The van der Waals surface area contributed by atoms with E-state index in [1.54, 1.807) is 18.3 Å². The minimum absolute atomic E-state index is 0.0533. The first-order valence-electron chi connectivity index (χ1n) is 11.9. The van der Waals surface area contributed by atoms with Gasteiger partial charge in [0.2, 0.25) is 0 Å². The Morgan fingerprint density at radius 1 is 1.17 bits per heavy atom. The third kappa shape index (κ3) is 4.25. The molecule has 1 aliphatic rings. The molecule has 0 spiro atoms. The molecule has 1 aliphatic heterocycles. The summed E-state index contributed by atoms with van der Waals surface area (Å²) in [6.07, 6.45) is 1.75. The van der Waals surface area contributed by atoms with Gasteiger partial charge >= 0.3 is 11.8 Å². The summed E-state index contributed by atoms with van der Waals surface area (Å²) in [4.78, 5) is 30.3. The molecule has 5 rings (SSSR count). The summed E-state index contributed by atoms with van der Waals surface area (Å²) >= 11 is 0. The second kappa shape index (κ2) is 8.89. The molecule has 0 bridgehead atoms. The summed E-state index contributed by atoms with van der Waals surface area (Å²) in [5.41, 5.74) is 1.57. The third-order valence-electron chi connectivity index (χ3n) is 6.97. The first-order valence-corrected chi connectivity index (χ1v) is 11.9. The molecule has 3 heterocycles. The van der Waals surface area contributed by atoms with Crippen LogP contribution in [-0.4, -0.2) is 48.4 Å². The molecule has 4 aromatic rings. The highest BCUT2D eigenvalue weighted by Crippen LogP contribution is 2.38. The lowest BCUT2D eigenvalue weighted by Gasteiger charge is -2.37. The Morgan fingerprint density at radius 2 is 1.92 bits per heavy atom. The van der Waals surface area contributed by atoms with E-state index in [1.807, 2.05) is 51.1 Å². The van der Waals surface area contributed by atoms with Gasteiger partial charge in [-0.2, -0.15) is 5.10 Å². The number of carbonyl (C=O) groups is 1. The molecule has 2 aromatic heterocycles. The van der Waals surface area contributed by atoms with Crippen molar-refractivity contribution >= 4 is 17.0 Å². The van der Waals surface area contributed by atoms with Gasteiger partial charge in [0.05, 0.1) is 11.2 Å². The van der Waals surface area contributed by atoms with Crippen LogP contribution in [0.1, 0.15) is 33.0 Å². The Hall–Kier alpha value is -4.01. The van der Waals surface area contributed by atoms with Crippen LogP contribution >= 0.6 is 0 Å². The summed E-state index contributed by atoms with van der Waals surface area (Å²) < 4.78 is 16.7. The predicted molar refractivity (Wildman–Crippen MR) is 135 cm³/mol. The van der Waals surface area contributed by atoms with Gasteiger partial charge in [0.25, 0.3) is 0 Å². The molecule has 1 saturated heterocycles. The van der Waals surface area contributed by atoms with Crippen molar-refractivity contribution < 1.29 is 14.3 Å². The maximum Gasteiger partial charge on any atom is 0.407 e. The molecule has 1 fully saturated rings. The fourth-order valence-electron chi connectivity index (χ4n) is 5.52. The molecule has 2 aromatic carbocycles. The molecule has 36 heavy (non-hydrogen) atoms. The molecule has 1 amide bonds. The standard InChI is InChI=1S/C27H28FN5O3/c1-27(2,3)24-19(10-12-32(24)26(35)36)15-23-30-31-25(34)33(23)22-9-8-17(13-20(22)28)18-7-6-16-5-4-11-29-21(16)14-18/h4-9,11,13-14,19,24H,10,12,15H2,1-3H3,(H,31,34)(H,35,36)/t19-,24?/m0/s1. The van der Waals surface area contributed by atoms with Crippen LogP contribution in [-0.2, 0) is 6.42 Å². The SMILES string of the molecule is CC(C)(C)C1[C@H](Cc2n[nH]c(=O)n2-c2ccc(-c3ccc4cccnc4c3)cc2F)CCN1C(=O)O. The van der Waals surface area contributed by atoms with Gasteiger partial charge < -0.3 is 10.0 Å². The number of nitrogens with zero attached hydrogens (tertiary/aromatic N) is 4. The highest BCUT2D eigenvalue weighted by Gasteiger charge is 2.44. The molecule has 186 valence electrons. The van der Waals surface area contributed by atoms with Crippen molar-refractivity contribution in [1.82, 2.24) is 24.6 Å². The van der Waals surface area contributed by atoms with Gasteiger partial charge in [-0.3, -0.25) is 4.98 Å². The molecular weight excluding hydrogens is 461 g/mol. The number of aromatic nitrogens is 4. The zero-order chi connectivity index (χ0) is 25.6. The molecule has 2 atom stereocenters. The highest BCUT2D eigenvalue weighted by atomic mass is 19.1. The molecule has 8 nitrogen and oxygen atoms in total. The molecule has 0 saturated carbocycles. The smallest absolute Gasteiger partial charge is 0.407 e. The number of carboxylic acid groups (broad SMARTS) is 1.